The van der Waals surface area contributed by atoms with Crippen LogP contribution >= 0.6 is 0 Å². The lowest BCUT2D eigenvalue weighted by Crippen LogP contribution is -2.23. The molecule has 1 unspecified atom stereocenters. The van der Waals surface area contributed by atoms with Crippen LogP contribution in [-0.2, 0) is 6.61 Å². The molecule has 0 bridgehead atoms. The molecule has 0 aliphatic carbocycles. The Bertz CT molecular complexity index is 496. The van der Waals surface area contributed by atoms with Crippen molar-refractivity contribution < 1.29 is 4.74 Å². The van der Waals surface area contributed by atoms with Gasteiger partial charge in [-0.2, -0.15) is 0 Å². The number of ether oxygens (including phenoxy) is 1. The van der Waals surface area contributed by atoms with Gasteiger partial charge in [-0.05, 0) is 30.3 Å². The highest BCUT2D eigenvalue weighted by Gasteiger charge is 2.08. The first-order valence-corrected chi connectivity index (χ1v) is 6.95. The second-order valence-corrected chi connectivity index (χ2v) is 4.83. The minimum atomic E-state index is 0.350. The highest BCUT2D eigenvalue weighted by atomic mass is 16.5. The van der Waals surface area contributed by atoms with Crippen molar-refractivity contribution in [3.8, 4) is 5.75 Å². The molecular formula is C17H22N2O. The first-order chi connectivity index (χ1) is 9.83. The van der Waals surface area contributed by atoms with Crippen LogP contribution in [0.5, 0.6) is 5.75 Å². The standard InChI is InChI=1S/C17H22N2O/c1-19-12-16(11-18)15-7-9-17(10-8-15)20-13-14-5-3-2-4-6-14/h2-10,16,19H,11-13,18H2,1H3. The lowest BCUT2D eigenvalue weighted by atomic mass is 9.99. The summed E-state index contributed by atoms with van der Waals surface area (Å²) in [5.41, 5.74) is 8.21. The number of likely N-dealkylation sites (N-methyl/N-ethyl adjacent to an activating group) is 1. The molecule has 1 atom stereocenters. The molecule has 3 N–H and O–H groups in total. The Kier molecular flexibility index (Phi) is 5.59. The van der Waals surface area contributed by atoms with Gasteiger partial charge in [0.15, 0.2) is 0 Å². The molecule has 2 aromatic carbocycles. The van der Waals surface area contributed by atoms with Crippen LogP contribution in [0.4, 0.5) is 0 Å². The SMILES string of the molecule is CNCC(CN)c1ccc(OCc2ccccc2)cc1. The molecule has 0 amide bonds. The quantitative estimate of drug-likeness (QED) is 0.812. The minimum Gasteiger partial charge on any atom is -0.489 e. The molecule has 0 spiro atoms. The van der Waals surface area contributed by atoms with Gasteiger partial charge in [0.25, 0.3) is 0 Å². The minimum absolute atomic E-state index is 0.350. The summed E-state index contributed by atoms with van der Waals surface area (Å²) in [5, 5.41) is 3.17. The van der Waals surface area contributed by atoms with E-state index in [9.17, 15) is 0 Å². The molecule has 3 heteroatoms. The first-order valence-electron chi connectivity index (χ1n) is 6.95. The first kappa shape index (κ1) is 14.6. The molecule has 20 heavy (non-hydrogen) atoms. The fraction of sp³-hybridized carbons (Fsp3) is 0.294. The molecule has 0 heterocycles. The van der Waals surface area contributed by atoms with Gasteiger partial charge in [-0.3, -0.25) is 0 Å². The van der Waals surface area contributed by atoms with E-state index in [1.165, 1.54) is 11.1 Å². The molecule has 0 fully saturated rings. The smallest absolute Gasteiger partial charge is 0.119 e. The van der Waals surface area contributed by atoms with Gasteiger partial charge in [-0.1, -0.05) is 42.5 Å². The average molecular weight is 270 g/mol. The predicted octanol–water partition coefficient (Wildman–Crippen LogP) is 2.53. The molecule has 0 saturated heterocycles. The summed E-state index contributed by atoms with van der Waals surface area (Å²) in [7, 11) is 1.94. The maximum absolute atomic E-state index is 5.79. The summed E-state index contributed by atoms with van der Waals surface area (Å²) in [6, 6.07) is 18.4. The van der Waals surface area contributed by atoms with E-state index in [4.69, 9.17) is 10.5 Å². The van der Waals surface area contributed by atoms with Gasteiger partial charge in [-0.15, -0.1) is 0 Å². The fourth-order valence-electron chi connectivity index (χ4n) is 2.16. The molecule has 0 saturated carbocycles. The number of rotatable bonds is 7. The summed E-state index contributed by atoms with van der Waals surface area (Å²) in [4.78, 5) is 0. The normalized spacial score (nSPS) is 12.1. The molecule has 2 rings (SSSR count). The predicted molar refractivity (Wildman–Crippen MR) is 82.9 cm³/mol. The summed E-state index contributed by atoms with van der Waals surface area (Å²) < 4.78 is 5.77. The number of benzene rings is 2. The van der Waals surface area contributed by atoms with Gasteiger partial charge < -0.3 is 15.8 Å². The van der Waals surface area contributed by atoms with Gasteiger partial charge in [0.05, 0.1) is 0 Å². The van der Waals surface area contributed by atoms with E-state index in [0.717, 1.165) is 12.3 Å². The molecule has 2 aromatic rings. The fourth-order valence-corrected chi connectivity index (χ4v) is 2.16. The van der Waals surface area contributed by atoms with Crippen molar-refractivity contribution in [3.63, 3.8) is 0 Å². The summed E-state index contributed by atoms with van der Waals surface area (Å²) in [5.74, 6) is 1.24. The molecule has 3 nitrogen and oxygen atoms in total. The van der Waals surface area contributed by atoms with Crippen molar-refractivity contribution in [1.82, 2.24) is 5.32 Å². The lowest BCUT2D eigenvalue weighted by Gasteiger charge is -2.15. The van der Waals surface area contributed by atoms with Crippen LogP contribution in [0.3, 0.4) is 0 Å². The van der Waals surface area contributed by atoms with Gasteiger partial charge >= 0.3 is 0 Å². The van der Waals surface area contributed by atoms with Crippen LogP contribution in [0.1, 0.15) is 17.0 Å². The third-order valence-corrected chi connectivity index (χ3v) is 3.33. The highest BCUT2D eigenvalue weighted by Crippen LogP contribution is 2.19. The van der Waals surface area contributed by atoms with Crippen molar-refractivity contribution in [2.24, 2.45) is 5.73 Å². The van der Waals surface area contributed by atoms with Crippen LogP contribution in [-0.4, -0.2) is 20.1 Å². The largest absolute Gasteiger partial charge is 0.489 e. The molecule has 0 aliphatic rings. The number of hydrogen-bond acceptors (Lipinski definition) is 3. The molecule has 0 aromatic heterocycles. The zero-order valence-corrected chi connectivity index (χ0v) is 11.9. The molecule has 0 radical (unpaired) electrons. The average Bonchev–Trinajstić information content (AvgIpc) is 2.52. The molecular weight excluding hydrogens is 248 g/mol. The van der Waals surface area contributed by atoms with Crippen LogP contribution in [0, 0.1) is 0 Å². The van der Waals surface area contributed by atoms with Crippen molar-refractivity contribution >= 4 is 0 Å². The maximum Gasteiger partial charge on any atom is 0.119 e. The van der Waals surface area contributed by atoms with E-state index in [1.807, 2.05) is 37.4 Å². The van der Waals surface area contributed by atoms with Gasteiger partial charge in [0, 0.05) is 19.0 Å². The zero-order valence-electron chi connectivity index (χ0n) is 11.9. The van der Waals surface area contributed by atoms with Crippen molar-refractivity contribution in [1.29, 1.82) is 0 Å². The van der Waals surface area contributed by atoms with E-state index < -0.39 is 0 Å². The van der Waals surface area contributed by atoms with Crippen molar-refractivity contribution in [2.45, 2.75) is 12.5 Å². The zero-order chi connectivity index (χ0) is 14.2. The van der Waals surface area contributed by atoms with Crippen LogP contribution in [0.2, 0.25) is 0 Å². The van der Waals surface area contributed by atoms with Crippen molar-refractivity contribution in [3.05, 3.63) is 65.7 Å². The Morgan fingerprint density at radius 1 is 1.05 bits per heavy atom. The number of nitrogens with two attached hydrogens (primary N) is 1. The Hall–Kier alpha value is -1.84. The Morgan fingerprint density at radius 3 is 2.35 bits per heavy atom. The third-order valence-electron chi connectivity index (χ3n) is 3.33. The van der Waals surface area contributed by atoms with Gasteiger partial charge in [0.1, 0.15) is 12.4 Å². The Labute approximate surface area is 120 Å². The second-order valence-electron chi connectivity index (χ2n) is 4.83. The summed E-state index contributed by atoms with van der Waals surface area (Å²) in [6.45, 7) is 2.13. The monoisotopic (exact) mass is 270 g/mol. The summed E-state index contributed by atoms with van der Waals surface area (Å²) >= 11 is 0. The molecule has 0 aliphatic heterocycles. The summed E-state index contributed by atoms with van der Waals surface area (Å²) in [6.07, 6.45) is 0. The van der Waals surface area contributed by atoms with Gasteiger partial charge in [-0.25, -0.2) is 0 Å². The molecule has 106 valence electrons. The topological polar surface area (TPSA) is 47.3 Å². The van der Waals surface area contributed by atoms with E-state index in [2.05, 4.69) is 29.6 Å². The van der Waals surface area contributed by atoms with Crippen LogP contribution < -0.4 is 15.8 Å². The number of nitrogens with one attached hydrogen (secondary N) is 1. The van der Waals surface area contributed by atoms with Gasteiger partial charge in [0.2, 0.25) is 0 Å². The van der Waals surface area contributed by atoms with E-state index in [-0.39, 0.29) is 0 Å². The number of hydrogen-bond donors (Lipinski definition) is 2. The lowest BCUT2D eigenvalue weighted by molar-refractivity contribution is 0.306. The second kappa shape index (κ2) is 7.68. The van der Waals surface area contributed by atoms with Crippen LogP contribution in [0.25, 0.3) is 0 Å². The Morgan fingerprint density at radius 2 is 1.75 bits per heavy atom. The third kappa shape index (κ3) is 4.08. The maximum atomic E-state index is 5.79. The highest BCUT2D eigenvalue weighted by molar-refractivity contribution is 5.30. The van der Waals surface area contributed by atoms with Crippen LogP contribution in [0.15, 0.2) is 54.6 Å². The van der Waals surface area contributed by atoms with E-state index in [0.29, 0.717) is 19.1 Å². The van der Waals surface area contributed by atoms with Crippen molar-refractivity contribution in [2.75, 3.05) is 20.1 Å². The van der Waals surface area contributed by atoms with E-state index in [1.54, 1.807) is 0 Å². The Balaban J connectivity index is 1.94. The van der Waals surface area contributed by atoms with E-state index >= 15 is 0 Å².